The smallest absolute Gasteiger partial charge is 0.322 e. The quantitative estimate of drug-likeness (QED) is 0.907. The first-order chi connectivity index (χ1) is 13.0. The topological polar surface area (TPSA) is 89.3 Å². The molecule has 0 bridgehead atoms. The first-order valence-electron chi connectivity index (χ1n) is 8.76. The highest BCUT2D eigenvalue weighted by Crippen LogP contribution is 2.17. The molecule has 27 heavy (non-hydrogen) atoms. The van der Waals surface area contributed by atoms with E-state index in [2.05, 4.69) is 16.4 Å². The van der Waals surface area contributed by atoms with E-state index in [1.807, 2.05) is 31.2 Å². The third-order valence-electron chi connectivity index (χ3n) is 4.59. The van der Waals surface area contributed by atoms with Crippen molar-refractivity contribution < 1.29 is 9.59 Å². The number of nitrogens with one attached hydrogen (secondary N) is 1. The molecule has 3 rings (SSSR count). The minimum atomic E-state index is -0.546. The zero-order valence-electron chi connectivity index (χ0n) is 15.3. The second kappa shape index (κ2) is 7.87. The van der Waals surface area contributed by atoms with Crippen LogP contribution < -0.4 is 5.32 Å². The van der Waals surface area contributed by atoms with Crippen molar-refractivity contribution in [2.24, 2.45) is 0 Å². The first-order valence-corrected chi connectivity index (χ1v) is 8.76. The molecule has 1 unspecified atom stereocenters. The number of amides is 3. The number of urea groups is 1. The maximum absolute atomic E-state index is 12.7. The van der Waals surface area contributed by atoms with Gasteiger partial charge in [-0.2, -0.15) is 5.26 Å². The van der Waals surface area contributed by atoms with Gasteiger partial charge < -0.3 is 15.1 Å². The molecule has 7 heteroatoms. The van der Waals surface area contributed by atoms with Crippen LogP contribution in [-0.2, 0) is 11.3 Å². The van der Waals surface area contributed by atoms with Crippen LogP contribution in [0.3, 0.4) is 0 Å². The van der Waals surface area contributed by atoms with Crippen molar-refractivity contribution in [1.29, 1.82) is 5.26 Å². The van der Waals surface area contributed by atoms with Gasteiger partial charge in [0, 0.05) is 19.6 Å². The lowest BCUT2D eigenvalue weighted by molar-refractivity contribution is -0.139. The van der Waals surface area contributed by atoms with Crippen LogP contribution in [0.1, 0.15) is 23.7 Å². The number of carbonyl (C=O) groups excluding carboxylic acids is 2. The Hall–Kier alpha value is -3.40. The molecule has 1 aliphatic rings. The van der Waals surface area contributed by atoms with E-state index in [4.69, 9.17) is 5.26 Å². The Morgan fingerprint density at radius 3 is 2.81 bits per heavy atom. The second-order valence-electron chi connectivity index (χ2n) is 6.59. The first kappa shape index (κ1) is 18.4. The summed E-state index contributed by atoms with van der Waals surface area (Å²) in [4.78, 5) is 32.5. The maximum atomic E-state index is 12.7. The lowest BCUT2D eigenvalue weighted by Crippen LogP contribution is -2.58. The van der Waals surface area contributed by atoms with Gasteiger partial charge in [0.25, 0.3) is 0 Å². The molecule has 1 aromatic heterocycles. The molecule has 0 spiro atoms. The average molecular weight is 363 g/mol. The number of hydrogen-bond donors (Lipinski definition) is 1. The third-order valence-corrected chi connectivity index (χ3v) is 4.59. The number of aryl methyl sites for hydroxylation is 1. The van der Waals surface area contributed by atoms with Gasteiger partial charge in [-0.25, -0.2) is 9.78 Å². The van der Waals surface area contributed by atoms with E-state index in [-0.39, 0.29) is 17.6 Å². The van der Waals surface area contributed by atoms with Crippen LogP contribution >= 0.6 is 0 Å². The van der Waals surface area contributed by atoms with Crippen molar-refractivity contribution in [3.05, 3.63) is 59.4 Å². The van der Waals surface area contributed by atoms with Crippen LogP contribution in [-0.4, -0.2) is 45.9 Å². The number of piperazine rings is 1. The fourth-order valence-electron chi connectivity index (χ4n) is 3.12. The van der Waals surface area contributed by atoms with E-state index in [1.165, 1.54) is 17.2 Å². The molecule has 1 atom stereocenters. The number of nitriles is 1. The molecule has 0 radical (unpaired) electrons. The van der Waals surface area contributed by atoms with E-state index < -0.39 is 6.04 Å². The number of carbonyl (C=O) groups is 2. The van der Waals surface area contributed by atoms with Crippen molar-refractivity contribution in [3.63, 3.8) is 0 Å². The lowest BCUT2D eigenvalue weighted by atomic mass is 10.1. The molecule has 2 heterocycles. The predicted molar refractivity (Wildman–Crippen MR) is 101 cm³/mol. The van der Waals surface area contributed by atoms with Gasteiger partial charge in [-0.05, 0) is 31.5 Å². The number of hydrogen-bond acceptors (Lipinski definition) is 4. The van der Waals surface area contributed by atoms with Crippen LogP contribution in [0.2, 0.25) is 0 Å². The van der Waals surface area contributed by atoms with Gasteiger partial charge in [-0.1, -0.05) is 29.8 Å². The minimum absolute atomic E-state index is 0.0733. The summed E-state index contributed by atoms with van der Waals surface area (Å²) in [5.74, 6) is -0.0733. The highest BCUT2D eigenvalue weighted by atomic mass is 16.2. The number of rotatable bonds is 3. The molecule has 1 aromatic carbocycles. The van der Waals surface area contributed by atoms with Crippen molar-refractivity contribution >= 4 is 17.6 Å². The molecule has 1 N–H and O–H groups in total. The third kappa shape index (κ3) is 4.23. The fourth-order valence-corrected chi connectivity index (χ4v) is 3.12. The molecule has 7 nitrogen and oxygen atoms in total. The SMILES string of the molecule is Cc1cccc(CN2CCN(C(=O)Nc3ccc(C#N)nc3)C(C)C2=O)c1. The van der Waals surface area contributed by atoms with Crippen LogP contribution in [0.15, 0.2) is 42.6 Å². The lowest BCUT2D eigenvalue weighted by Gasteiger charge is -2.39. The molecular weight excluding hydrogens is 342 g/mol. The van der Waals surface area contributed by atoms with Gasteiger partial charge >= 0.3 is 6.03 Å². The number of aromatic nitrogens is 1. The Morgan fingerprint density at radius 1 is 1.33 bits per heavy atom. The Balaban J connectivity index is 1.63. The molecule has 1 fully saturated rings. The van der Waals surface area contributed by atoms with E-state index in [0.29, 0.717) is 25.3 Å². The minimum Gasteiger partial charge on any atom is -0.335 e. The van der Waals surface area contributed by atoms with E-state index >= 15 is 0 Å². The monoisotopic (exact) mass is 363 g/mol. The summed E-state index contributed by atoms with van der Waals surface area (Å²) in [5, 5.41) is 11.5. The van der Waals surface area contributed by atoms with E-state index in [1.54, 1.807) is 17.9 Å². The number of benzene rings is 1. The van der Waals surface area contributed by atoms with E-state index in [9.17, 15) is 9.59 Å². The predicted octanol–water partition coefficient (Wildman–Crippen LogP) is 2.53. The van der Waals surface area contributed by atoms with Crippen molar-refractivity contribution in [1.82, 2.24) is 14.8 Å². The second-order valence-corrected chi connectivity index (χ2v) is 6.59. The largest absolute Gasteiger partial charge is 0.335 e. The van der Waals surface area contributed by atoms with Crippen LogP contribution in [0.4, 0.5) is 10.5 Å². The molecule has 138 valence electrons. The summed E-state index contributed by atoms with van der Waals surface area (Å²) in [6.07, 6.45) is 1.43. The number of pyridine rings is 1. The summed E-state index contributed by atoms with van der Waals surface area (Å²) < 4.78 is 0. The highest BCUT2D eigenvalue weighted by molar-refractivity contribution is 5.94. The summed E-state index contributed by atoms with van der Waals surface area (Å²) >= 11 is 0. The zero-order valence-corrected chi connectivity index (χ0v) is 15.3. The summed E-state index contributed by atoms with van der Waals surface area (Å²) in [7, 11) is 0. The Bertz CT molecular complexity index is 888. The van der Waals surface area contributed by atoms with Gasteiger partial charge in [0.15, 0.2) is 0 Å². The number of anilines is 1. The molecule has 0 saturated carbocycles. The molecular formula is C20H21N5O2. The van der Waals surface area contributed by atoms with Gasteiger partial charge in [0.05, 0.1) is 11.9 Å². The Labute approximate surface area is 158 Å². The van der Waals surface area contributed by atoms with Crippen LogP contribution in [0.5, 0.6) is 0 Å². The Morgan fingerprint density at radius 2 is 2.15 bits per heavy atom. The molecule has 2 aromatic rings. The Kier molecular flexibility index (Phi) is 5.36. The van der Waals surface area contributed by atoms with Crippen molar-refractivity contribution in [3.8, 4) is 6.07 Å². The van der Waals surface area contributed by atoms with Gasteiger partial charge in [0.2, 0.25) is 5.91 Å². The van der Waals surface area contributed by atoms with Crippen LogP contribution in [0.25, 0.3) is 0 Å². The van der Waals surface area contributed by atoms with Gasteiger partial charge in [-0.15, -0.1) is 0 Å². The van der Waals surface area contributed by atoms with E-state index in [0.717, 1.165) is 11.1 Å². The molecule has 1 aliphatic heterocycles. The summed E-state index contributed by atoms with van der Waals surface area (Å²) in [6.45, 7) is 5.24. The normalized spacial score (nSPS) is 16.8. The highest BCUT2D eigenvalue weighted by Gasteiger charge is 2.34. The van der Waals surface area contributed by atoms with Crippen molar-refractivity contribution in [2.75, 3.05) is 18.4 Å². The molecule has 0 aliphatic carbocycles. The maximum Gasteiger partial charge on any atom is 0.322 e. The average Bonchev–Trinajstić information content (AvgIpc) is 2.66. The van der Waals surface area contributed by atoms with Crippen molar-refractivity contribution in [2.45, 2.75) is 26.4 Å². The molecule has 3 amide bonds. The standard InChI is InChI=1S/C20H21N5O2/c1-14-4-3-5-16(10-14)13-24-8-9-25(15(2)19(24)26)20(27)23-18-7-6-17(11-21)22-12-18/h3-7,10,12,15H,8-9,13H2,1-2H3,(H,23,27). The summed E-state index contributed by atoms with van der Waals surface area (Å²) in [5.41, 5.74) is 3.00. The number of nitrogens with zero attached hydrogens (tertiary/aromatic N) is 4. The summed E-state index contributed by atoms with van der Waals surface area (Å²) in [6, 6.07) is 12.2. The van der Waals surface area contributed by atoms with Crippen LogP contribution in [0, 0.1) is 18.3 Å². The van der Waals surface area contributed by atoms with Gasteiger partial charge in [-0.3, -0.25) is 4.79 Å². The van der Waals surface area contributed by atoms with Gasteiger partial charge in [0.1, 0.15) is 17.8 Å². The zero-order chi connectivity index (χ0) is 19.4. The fraction of sp³-hybridized carbons (Fsp3) is 0.300. The molecule has 1 saturated heterocycles.